The highest BCUT2D eigenvalue weighted by Gasteiger charge is 2.03. The van der Waals surface area contributed by atoms with Gasteiger partial charge >= 0.3 is 0 Å². The first-order chi connectivity index (χ1) is 8.17. The summed E-state index contributed by atoms with van der Waals surface area (Å²) in [5.74, 6) is 0. The first-order valence-corrected chi connectivity index (χ1v) is 5.90. The molecule has 2 heterocycles. The van der Waals surface area contributed by atoms with Crippen molar-refractivity contribution in [3.05, 3.63) is 41.3 Å². The topological polar surface area (TPSA) is 55.7 Å². The molecule has 0 aliphatic heterocycles. The highest BCUT2D eigenvalue weighted by Crippen LogP contribution is 2.22. The fourth-order valence-corrected chi connectivity index (χ4v) is 2.16. The van der Waals surface area contributed by atoms with Crippen LogP contribution in [-0.4, -0.2) is 21.2 Å². The Bertz CT molecular complexity index is 520. The van der Waals surface area contributed by atoms with Crippen molar-refractivity contribution in [3.63, 3.8) is 0 Å². The predicted molar refractivity (Wildman–Crippen MR) is 65.3 cm³/mol. The van der Waals surface area contributed by atoms with Crippen LogP contribution >= 0.6 is 11.8 Å². The zero-order valence-corrected chi connectivity index (χ0v) is 10.4. The van der Waals surface area contributed by atoms with E-state index in [0.717, 1.165) is 22.7 Å². The van der Waals surface area contributed by atoms with Crippen molar-refractivity contribution < 1.29 is 4.79 Å². The van der Waals surface area contributed by atoms with Crippen LogP contribution in [0.2, 0.25) is 0 Å². The van der Waals surface area contributed by atoms with Crippen LogP contribution in [0.15, 0.2) is 34.6 Å². The second-order valence-electron chi connectivity index (χ2n) is 3.58. The van der Waals surface area contributed by atoms with Crippen molar-refractivity contribution in [1.29, 1.82) is 0 Å². The van der Waals surface area contributed by atoms with Crippen molar-refractivity contribution in [3.8, 4) is 0 Å². The SMILES string of the molecule is Cc1cc(C)nc(Sc2ccc(C=O)cn2)n1. The minimum absolute atomic E-state index is 0.565. The number of aromatic nitrogens is 3. The van der Waals surface area contributed by atoms with Crippen molar-refractivity contribution in [2.45, 2.75) is 24.0 Å². The molecule has 0 fully saturated rings. The molecule has 4 nitrogen and oxygen atoms in total. The van der Waals surface area contributed by atoms with E-state index in [1.807, 2.05) is 19.9 Å². The Hall–Kier alpha value is -1.75. The van der Waals surface area contributed by atoms with E-state index in [-0.39, 0.29) is 0 Å². The molecule has 0 radical (unpaired) electrons. The predicted octanol–water partition coefficient (Wildman–Crippen LogP) is 2.45. The number of carbonyl (C=O) groups is 1. The first-order valence-electron chi connectivity index (χ1n) is 5.09. The lowest BCUT2D eigenvalue weighted by atomic mass is 10.3. The van der Waals surface area contributed by atoms with Gasteiger partial charge in [0, 0.05) is 23.1 Å². The van der Waals surface area contributed by atoms with E-state index in [0.29, 0.717) is 10.7 Å². The lowest BCUT2D eigenvalue weighted by Crippen LogP contribution is -1.93. The number of hydrogen-bond donors (Lipinski definition) is 0. The molecule has 0 saturated carbocycles. The molecule has 2 rings (SSSR count). The fourth-order valence-electron chi connectivity index (χ4n) is 1.35. The number of hydrogen-bond acceptors (Lipinski definition) is 5. The average Bonchev–Trinajstić information content (AvgIpc) is 2.28. The molecule has 0 aromatic carbocycles. The van der Waals surface area contributed by atoms with E-state index in [2.05, 4.69) is 15.0 Å². The van der Waals surface area contributed by atoms with Crippen molar-refractivity contribution in [2.24, 2.45) is 0 Å². The number of rotatable bonds is 3. The summed E-state index contributed by atoms with van der Waals surface area (Å²) in [6, 6.07) is 5.44. The number of carbonyl (C=O) groups excluding carboxylic acids is 1. The molecule has 0 atom stereocenters. The fraction of sp³-hybridized carbons (Fsp3) is 0.167. The van der Waals surface area contributed by atoms with Crippen LogP contribution in [0.4, 0.5) is 0 Å². The van der Waals surface area contributed by atoms with Gasteiger partial charge in [0.25, 0.3) is 0 Å². The molecule has 2 aromatic rings. The van der Waals surface area contributed by atoms with Gasteiger partial charge in [-0.15, -0.1) is 0 Å². The molecule has 0 aliphatic carbocycles. The Labute approximate surface area is 104 Å². The highest BCUT2D eigenvalue weighted by atomic mass is 32.2. The van der Waals surface area contributed by atoms with Gasteiger partial charge in [-0.2, -0.15) is 0 Å². The molecule has 0 aliphatic rings. The summed E-state index contributed by atoms with van der Waals surface area (Å²) >= 11 is 1.39. The van der Waals surface area contributed by atoms with Gasteiger partial charge in [-0.1, -0.05) is 0 Å². The van der Waals surface area contributed by atoms with Gasteiger partial charge in [-0.3, -0.25) is 4.79 Å². The van der Waals surface area contributed by atoms with Gasteiger partial charge in [0.2, 0.25) is 0 Å². The second-order valence-corrected chi connectivity index (χ2v) is 4.57. The minimum atomic E-state index is 0.565. The first kappa shape index (κ1) is 11.7. The molecule has 0 spiro atoms. The van der Waals surface area contributed by atoms with E-state index in [4.69, 9.17) is 0 Å². The Morgan fingerprint density at radius 3 is 2.41 bits per heavy atom. The molecule has 0 unspecified atom stereocenters. The Morgan fingerprint density at radius 2 is 1.88 bits per heavy atom. The average molecular weight is 245 g/mol. The van der Waals surface area contributed by atoms with Crippen molar-refractivity contribution >= 4 is 18.0 Å². The van der Waals surface area contributed by atoms with Crippen LogP contribution in [-0.2, 0) is 0 Å². The summed E-state index contributed by atoms with van der Waals surface area (Å²) in [7, 11) is 0. The van der Waals surface area contributed by atoms with E-state index in [1.165, 1.54) is 18.0 Å². The molecule has 0 amide bonds. The standard InChI is InChI=1S/C12H11N3OS/c1-8-5-9(2)15-12(14-8)17-11-4-3-10(7-16)6-13-11/h3-7H,1-2H3. The molecule has 2 aromatic heterocycles. The number of aldehydes is 1. The van der Waals surface area contributed by atoms with Crippen LogP contribution < -0.4 is 0 Å². The molecule has 17 heavy (non-hydrogen) atoms. The van der Waals surface area contributed by atoms with Gasteiger partial charge in [0.1, 0.15) is 5.03 Å². The molecule has 0 saturated heterocycles. The largest absolute Gasteiger partial charge is 0.298 e. The molecule has 5 heteroatoms. The molecular weight excluding hydrogens is 234 g/mol. The van der Waals surface area contributed by atoms with E-state index in [9.17, 15) is 4.79 Å². The summed E-state index contributed by atoms with van der Waals surface area (Å²) in [5.41, 5.74) is 2.43. The van der Waals surface area contributed by atoms with Gasteiger partial charge in [0.05, 0.1) is 0 Å². The summed E-state index contributed by atoms with van der Waals surface area (Å²) in [6.45, 7) is 3.86. The second kappa shape index (κ2) is 5.05. The third kappa shape index (κ3) is 3.10. The van der Waals surface area contributed by atoms with Crippen LogP contribution in [0.1, 0.15) is 21.7 Å². The van der Waals surface area contributed by atoms with Crippen molar-refractivity contribution in [2.75, 3.05) is 0 Å². The van der Waals surface area contributed by atoms with Crippen LogP contribution in [0.5, 0.6) is 0 Å². The number of aryl methyl sites for hydroxylation is 2. The van der Waals surface area contributed by atoms with E-state index >= 15 is 0 Å². The Balaban J connectivity index is 2.21. The third-order valence-corrected chi connectivity index (χ3v) is 2.87. The van der Waals surface area contributed by atoms with E-state index in [1.54, 1.807) is 12.1 Å². The zero-order valence-electron chi connectivity index (χ0n) is 9.54. The zero-order chi connectivity index (χ0) is 12.3. The van der Waals surface area contributed by atoms with Crippen LogP contribution in [0, 0.1) is 13.8 Å². The quantitative estimate of drug-likeness (QED) is 0.614. The maximum absolute atomic E-state index is 10.5. The van der Waals surface area contributed by atoms with Gasteiger partial charge in [-0.25, -0.2) is 15.0 Å². The minimum Gasteiger partial charge on any atom is -0.298 e. The molecule has 0 bridgehead atoms. The lowest BCUT2D eigenvalue weighted by molar-refractivity contribution is 0.112. The maximum atomic E-state index is 10.5. The lowest BCUT2D eigenvalue weighted by Gasteiger charge is -2.02. The summed E-state index contributed by atoms with van der Waals surface area (Å²) in [4.78, 5) is 23.3. The summed E-state index contributed by atoms with van der Waals surface area (Å²) in [6.07, 6.45) is 2.31. The van der Waals surface area contributed by atoms with Crippen molar-refractivity contribution in [1.82, 2.24) is 15.0 Å². The van der Waals surface area contributed by atoms with Crippen LogP contribution in [0.25, 0.3) is 0 Å². The normalized spacial score (nSPS) is 10.2. The Kier molecular flexibility index (Phi) is 3.49. The summed E-state index contributed by atoms with van der Waals surface area (Å²) < 4.78 is 0. The Morgan fingerprint density at radius 1 is 1.18 bits per heavy atom. The summed E-state index contributed by atoms with van der Waals surface area (Å²) in [5, 5.41) is 1.45. The maximum Gasteiger partial charge on any atom is 0.194 e. The van der Waals surface area contributed by atoms with Gasteiger partial charge in [-0.05, 0) is 43.8 Å². The van der Waals surface area contributed by atoms with Gasteiger partial charge in [0.15, 0.2) is 11.4 Å². The molecule has 0 N–H and O–H groups in total. The number of nitrogens with zero attached hydrogens (tertiary/aromatic N) is 3. The van der Waals surface area contributed by atoms with Crippen LogP contribution in [0.3, 0.4) is 0 Å². The number of pyridine rings is 1. The van der Waals surface area contributed by atoms with Gasteiger partial charge < -0.3 is 0 Å². The molecule has 86 valence electrons. The third-order valence-electron chi connectivity index (χ3n) is 2.05. The highest BCUT2D eigenvalue weighted by molar-refractivity contribution is 7.99. The monoisotopic (exact) mass is 245 g/mol. The smallest absolute Gasteiger partial charge is 0.194 e. The van der Waals surface area contributed by atoms with E-state index < -0.39 is 0 Å². The molecular formula is C12H11N3OS.